The van der Waals surface area contributed by atoms with E-state index in [4.69, 9.17) is 4.74 Å². The number of carboxylic acids is 1. The van der Waals surface area contributed by atoms with E-state index in [2.05, 4.69) is 6.58 Å². The highest BCUT2D eigenvalue weighted by Gasteiger charge is 2.57. The van der Waals surface area contributed by atoms with Crippen LogP contribution in [0.4, 0.5) is 0 Å². The van der Waals surface area contributed by atoms with Gasteiger partial charge in [-0.2, -0.15) is 0 Å². The number of carbonyl (C=O) groups excluding carboxylic acids is 1. The molecule has 0 aromatic rings. The number of fused-ring (bicyclic) bond motifs is 2. The minimum Gasteiger partial charge on any atom is -0.481 e. The molecule has 0 saturated heterocycles. The summed E-state index contributed by atoms with van der Waals surface area (Å²) >= 11 is 0. The first-order chi connectivity index (χ1) is 8.61. The van der Waals surface area contributed by atoms with E-state index in [1.54, 1.807) is 13.0 Å². The minimum absolute atomic E-state index is 0.0202. The summed E-state index contributed by atoms with van der Waals surface area (Å²) in [6.45, 7) is 5.73. The van der Waals surface area contributed by atoms with Gasteiger partial charge in [-0.05, 0) is 31.1 Å². The number of ether oxygens (including phenoxy) is 1. The largest absolute Gasteiger partial charge is 0.481 e. The molecule has 4 heteroatoms. The number of carbonyl (C=O) groups is 2. The molecule has 5 unspecified atom stereocenters. The lowest BCUT2D eigenvalue weighted by Gasteiger charge is -2.22. The van der Waals surface area contributed by atoms with E-state index in [-0.39, 0.29) is 30.3 Å². The normalized spacial score (nSPS) is 36.6. The zero-order valence-corrected chi connectivity index (χ0v) is 10.4. The summed E-state index contributed by atoms with van der Waals surface area (Å²) in [6, 6.07) is 0. The predicted octanol–water partition coefficient (Wildman–Crippen LogP) is 1.87. The topological polar surface area (TPSA) is 63.6 Å². The zero-order chi connectivity index (χ0) is 13.3. The first-order valence-electron chi connectivity index (χ1n) is 6.30. The lowest BCUT2D eigenvalue weighted by Crippen LogP contribution is -2.34. The van der Waals surface area contributed by atoms with Crippen LogP contribution in [0.15, 0.2) is 24.8 Å². The van der Waals surface area contributed by atoms with Crippen molar-refractivity contribution in [3.05, 3.63) is 24.8 Å². The monoisotopic (exact) mass is 250 g/mol. The number of rotatable bonds is 5. The molecule has 0 aromatic heterocycles. The van der Waals surface area contributed by atoms with Crippen molar-refractivity contribution in [1.82, 2.24) is 0 Å². The Morgan fingerprint density at radius 2 is 1.94 bits per heavy atom. The summed E-state index contributed by atoms with van der Waals surface area (Å²) in [5.41, 5.74) is 0. The highest BCUT2D eigenvalue weighted by Crippen LogP contribution is 2.54. The third-order valence-corrected chi connectivity index (χ3v) is 4.04. The number of hydrogen-bond donors (Lipinski definition) is 1. The predicted molar refractivity (Wildman–Crippen MR) is 65.7 cm³/mol. The van der Waals surface area contributed by atoms with E-state index < -0.39 is 17.8 Å². The van der Waals surface area contributed by atoms with E-state index in [0.29, 0.717) is 0 Å². The Balaban J connectivity index is 2.27. The molecule has 0 aliphatic heterocycles. The van der Waals surface area contributed by atoms with Gasteiger partial charge in [0.15, 0.2) is 0 Å². The number of esters is 1. The first-order valence-corrected chi connectivity index (χ1v) is 6.30. The number of carboxylic acid groups (broad SMARTS) is 1. The molecule has 0 radical (unpaired) electrons. The fourth-order valence-electron chi connectivity index (χ4n) is 3.42. The summed E-state index contributed by atoms with van der Waals surface area (Å²) in [5, 5.41) is 9.34. The van der Waals surface area contributed by atoms with Crippen molar-refractivity contribution in [2.75, 3.05) is 6.61 Å². The Bertz CT molecular complexity index is 399. The summed E-state index contributed by atoms with van der Waals surface area (Å²) < 4.78 is 5.02. The number of aliphatic carboxylic acids is 1. The van der Waals surface area contributed by atoms with Crippen molar-refractivity contribution < 1.29 is 19.4 Å². The minimum atomic E-state index is -0.904. The maximum Gasteiger partial charge on any atom is 0.310 e. The van der Waals surface area contributed by atoms with Gasteiger partial charge in [-0.1, -0.05) is 18.2 Å². The van der Waals surface area contributed by atoms with E-state index in [9.17, 15) is 14.7 Å². The molecule has 0 amide bonds. The van der Waals surface area contributed by atoms with Crippen LogP contribution in [0.3, 0.4) is 0 Å². The molecular weight excluding hydrogens is 232 g/mol. The molecule has 4 nitrogen and oxygen atoms in total. The van der Waals surface area contributed by atoms with Gasteiger partial charge in [0.1, 0.15) is 0 Å². The molecule has 2 aliphatic rings. The molecule has 98 valence electrons. The molecule has 1 saturated carbocycles. The van der Waals surface area contributed by atoms with Crippen molar-refractivity contribution in [3.8, 4) is 0 Å². The van der Waals surface area contributed by atoms with Gasteiger partial charge in [0.25, 0.3) is 0 Å². The molecule has 2 aliphatic carbocycles. The molecule has 5 atom stereocenters. The van der Waals surface area contributed by atoms with Crippen LogP contribution in [-0.2, 0) is 14.3 Å². The molecular formula is C14H18O4. The van der Waals surface area contributed by atoms with Crippen LogP contribution in [0.25, 0.3) is 0 Å². The third kappa shape index (κ3) is 1.85. The summed E-state index contributed by atoms with van der Waals surface area (Å²) in [6.07, 6.45) is 6.44. The third-order valence-electron chi connectivity index (χ3n) is 4.04. The fourth-order valence-corrected chi connectivity index (χ4v) is 3.42. The van der Waals surface area contributed by atoms with Crippen LogP contribution in [0.2, 0.25) is 0 Å². The smallest absolute Gasteiger partial charge is 0.310 e. The van der Waals surface area contributed by atoms with Crippen molar-refractivity contribution >= 4 is 11.9 Å². The Morgan fingerprint density at radius 1 is 1.33 bits per heavy atom. The van der Waals surface area contributed by atoms with Crippen LogP contribution >= 0.6 is 0 Å². The second-order valence-electron chi connectivity index (χ2n) is 4.87. The quantitative estimate of drug-likeness (QED) is 0.597. The van der Waals surface area contributed by atoms with Crippen LogP contribution in [0.1, 0.15) is 13.3 Å². The Labute approximate surface area is 106 Å². The molecule has 1 fully saturated rings. The van der Waals surface area contributed by atoms with Crippen molar-refractivity contribution in [3.63, 3.8) is 0 Å². The van der Waals surface area contributed by atoms with Crippen molar-refractivity contribution in [2.24, 2.45) is 29.6 Å². The SMILES string of the molecule is C=CCC1C2C=CC1C(C(=O)OCC)C2C(=O)O. The zero-order valence-electron chi connectivity index (χ0n) is 10.4. The molecule has 0 spiro atoms. The first kappa shape index (κ1) is 12.9. The maximum atomic E-state index is 12.0. The Morgan fingerprint density at radius 3 is 2.44 bits per heavy atom. The van der Waals surface area contributed by atoms with Gasteiger partial charge in [-0.25, -0.2) is 0 Å². The second kappa shape index (κ2) is 4.96. The van der Waals surface area contributed by atoms with Gasteiger partial charge >= 0.3 is 11.9 Å². The highest BCUT2D eigenvalue weighted by atomic mass is 16.5. The molecule has 2 rings (SSSR count). The van der Waals surface area contributed by atoms with Gasteiger partial charge in [0.2, 0.25) is 0 Å². The van der Waals surface area contributed by atoms with Crippen LogP contribution in [-0.4, -0.2) is 23.7 Å². The Kier molecular flexibility index (Phi) is 3.55. The van der Waals surface area contributed by atoms with Gasteiger partial charge in [0, 0.05) is 0 Å². The molecule has 1 N–H and O–H groups in total. The second-order valence-corrected chi connectivity index (χ2v) is 4.87. The molecule has 2 bridgehead atoms. The van der Waals surface area contributed by atoms with Crippen LogP contribution in [0, 0.1) is 29.6 Å². The lowest BCUT2D eigenvalue weighted by molar-refractivity contribution is -0.158. The van der Waals surface area contributed by atoms with Gasteiger partial charge < -0.3 is 9.84 Å². The standard InChI is InChI=1S/C14H18O4/c1-3-5-8-9-6-7-10(8)12(11(9)13(15)16)14(17)18-4-2/h3,6-12H,1,4-5H2,2H3,(H,15,16). The maximum absolute atomic E-state index is 12.0. The lowest BCUT2D eigenvalue weighted by atomic mass is 9.83. The van der Waals surface area contributed by atoms with Gasteiger partial charge in [0.05, 0.1) is 18.4 Å². The van der Waals surface area contributed by atoms with Gasteiger partial charge in [-0.15, -0.1) is 6.58 Å². The van der Waals surface area contributed by atoms with Crippen molar-refractivity contribution in [2.45, 2.75) is 13.3 Å². The average molecular weight is 250 g/mol. The number of hydrogen-bond acceptors (Lipinski definition) is 3. The van der Waals surface area contributed by atoms with E-state index in [1.165, 1.54) is 0 Å². The van der Waals surface area contributed by atoms with Gasteiger partial charge in [-0.3, -0.25) is 9.59 Å². The van der Waals surface area contributed by atoms with Crippen LogP contribution in [0.5, 0.6) is 0 Å². The highest BCUT2D eigenvalue weighted by molar-refractivity contribution is 5.83. The summed E-state index contributed by atoms with van der Waals surface area (Å²) in [7, 11) is 0. The molecule has 0 heterocycles. The van der Waals surface area contributed by atoms with E-state index in [1.807, 2.05) is 12.2 Å². The Hall–Kier alpha value is -1.58. The van der Waals surface area contributed by atoms with E-state index >= 15 is 0 Å². The van der Waals surface area contributed by atoms with Crippen molar-refractivity contribution in [1.29, 1.82) is 0 Å². The summed E-state index contributed by atoms with van der Waals surface area (Å²) in [4.78, 5) is 23.3. The molecule has 0 aromatic carbocycles. The number of allylic oxidation sites excluding steroid dienone is 3. The van der Waals surface area contributed by atoms with E-state index in [0.717, 1.165) is 6.42 Å². The molecule has 18 heavy (non-hydrogen) atoms. The fraction of sp³-hybridized carbons (Fsp3) is 0.571. The average Bonchev–Trinajstić information content (AvgIpc) is 2.85. The summed E-state index contributed by atoms with van der Waals surface area (Å²) in [5.74, 6) is -2.38. The van der Waals surface area contributed by atoms with Crippen LogP contribution < -0.4 is 0 Å².